The highest BCUT2D eigenvalue weighted by Crippen LogP contribution is 2.19. The van der Waals surface area contributed by atoms with Crippen molar-refractivity contribution < 1.29 is 10.2 Å². The quantitative estimate of drug-likeness (QED) is 0.768. The smallest absolute Gasteiger partial charge is 0.118 e. The molecule has 0 atom stereocenters. The summed E-state index contributed by atoms with van der Waals surface area (Å²) in [5.41, 5.74) is 2.81. The van der Waals surface area contributed by atoms with Crippen molar-refractivity contribution >= 4 is 12.2 Å². The molecule has 0 radical (unpaired) electrons. The summed E-state index contributed by atoms with van der Waals surface area (Å²) in [4.78, 5) is 0. The van der Waals surface area contributed by atoms with Gasteiger partial charge >= 0.3 is 0 Å². The summed E-state index contributed by atoms with van der Waals surface area (Å²) in [6, 6.07) is 12.5. The van der Waals surface area contributed by atoms with Crippen molar-refractivity contribution in [3.63, 3.8) is 0 Å². The molecule has 2 aromatic rings. The summed E-state index contributed by atoms with van der Waals surface area (Å²) < 4.78 is 0. The molecule has 86 valence electrons. The Balaban J connectivity index is 2.23. The summed E-state index contributed by atoms with van der Waals surface area (Å²) in [6.07, 6.45) is 3.87. The monoisotopic (exact) mass is 226 g/mol. The number of rotatable bonds is 2. The Morgan fingerprint density at radius 3 is 2.24 bits per heavy atom. The first-order valence-electron chi connectivity index (χ1n) is 5.42. The van der Waals surface area contributed by atoms with Crippen molar-refractivity contribution in [3.8, 4) is 11.5 Å². The standard InChI is InChI=1S/C15H14O2/c1-11-9-13(7-8-15(11)17)6-5-12-3-2-4-14(16)10-12/h2-10,16-17H,1H3/b6-5+. The number of hydrogen-bond acceptors (Lipinski definition) is 2. The molecule has 0 fully saturated rings. The van der Waals surface area contributed by atoms with Gasteiger partial charge in [-0.05, 0) is 47.9 Å². The second kappa shape index (κ2) is 4.74. The van der Waals surface area contributed by atoms with Gasteiger partial charge in [0.15, 0.2) is 0 Å². The van der Waals surface area contributed by atoms with Crippen LogP contribution in [-0.4, -0.2) is 10.2 Å². The minimum Gasteiger partial charge on any atom is -0.508 e. The maximum atomic E-state index is 9.41. The Labute approximate surface area is 100 Å². The fourth-order valence-corrected chi connectivity index (χ4v) is 1.60. The Hall–Kier alpha value is -2.22. The van der Waals surface area contributed by atoms with Crippen LogP contribution in [0.1, 0.15) is 16.7 Å². The first kappa shape index (κ1) is 11.3. The van der Waals surface area contributed by atoms with Gasteiger partial charge in [-0.25, -0.2) is 0 Å². The molecule has 0 spiro atoms. The molecule has 0 saturated heterocycles. The zero-order valence-electron chi connectivity index (χ0n) is 9.59. The van der Waals surface area contributed by atoms with Gasteiger partial charge in [0, 0.05) is 0 Å². The van der Waals surface area contributed by atoms with E-state index < -0.39 is 0 Å². The van der Waals surface area contributed by atoms with E-state index in [4.69, 9.17) is 0 Å². The summed E-state index contributed by atoms with van der Waals surface area (Å²) in [7, 11) is 0. The molecule has 0 unspecified atom stereocenters. The van der Waals surface area contributed by atoms with E-state index in [0.717, 1.165) is 16.7 Å². The van der Waals surface area contributed by atoms with Crippen molar-refractivity contribution in [1.82, 2.24) is 0 Å². The average molecular weight is 226 g/mol. The minimum absolute atomic E-state index is 0.258. The van der Waals surface area contributed by atoms with Gasteiger partial charge < -0.3 is 10.2 Å². The molecule has 0 aliphatic heterocycles. The lowest BCUT2D eigenvalue weighted by molar-refractivity contribution is 0.471. The number of phenols is 2. The lowest BCUT2D eigenvalue weighted by atomic mass is 10.1. The van der Waals surface area contributed by atoms with Crippen LogP contribution in [0.15, 0.2) is 42.5 Å². The van der Waals surface area contributed by atoms with Crippen LogP contribution in [-0.2, 0) is 0 Å². The number of benzene rings is 2. The van der Waals surface area contributed by atoms with Gasteiger partial charge in [0.05, 0.1) is 0 Å². The van der Waals surface area contributed by atoms with Crippen LogP contribution in [0.3, 0.4) is 0 Å². The van der Waals surface area contributed by atoms with E-state index in [0.29, 0.717) is 5.75 Å². The second-order valence-corrected chi connectivity index (χ2v) is 3.97. The van der Waals surface area contributed by atoms with Crippen LogP contribution >= 0.6 is 0 Å². The van der Waals surface area contributed by atoms with Crippen LogP contribution in [0.2, 0.25) is 0 Å². The van der Waals surface area contributed by atoms with E-state index >= 15 is 0 Å². The molecule has 0 aromatic heterocycles. The zero-order valence-corrected chi connectivity index (χ0v) is 9.59. The van der Waals surface area contributed by atoms with E-state index in [2.05, 4.69) is 0 Å². The topological polar surface area (TPSA) is 40.5 Å². The van der Waals surface area contributed by atoms with Gasteiger partial charge in [0.2, 0.25) is 0 Å². The van der Waals surface area contributed by atoms with E-state index in [1.165, 1.54) is 0 Å². The Morgan fingerprint density at radius 2 is 1.59 bits per heavy atom. The van der Waals surface area contributed by atoms with Crippen LogP contribution in [0.4, 0.5) is 0 Å². The van der Waals surface area contributed by atoms with Gasteiger partial charge in [-0.3, -0.25) is 0 Å². The maximum Gasteiger partial charge on any atom is 0.118 e. The highest BCUT2D eigenvalue weighted by molar-refractivity contribution is 5.70. The van der Waals surface area contributed by atoms with Gasteiger partial charge in [0.1, 0.15) is 11.5 Å². The lowest BCUT2D eigenvalue weighted by Crippen LogP contribution is -1.77. The predicted octanol–water partition coefficient (Wildman–Crippen LogP) is 3.58. The fourth-order valence-electron chi connectivity index (χ4n) is 1.60. The Morgan fingerprint density at radius 1 is 0.882 bits per heavy atom. The third-order valence-electron chi connectivity index (χ3n) is 2.56. The van der Waals surface area contributed by atoms with Gasteiger partial charge in [-0.15, -0.1) is 0 Å². The molecule has 2 rings (SSSR count). The van der Waals surface area contributed by atoms with Gasteiger partial charge in [0.25, 0.3) is 0 Å². The molecule has 2 nitrogen and oxygen atoms in total. The van der Waals surface area contributed by atoms with Crippen molar-refractivity contribution in [1.29, 1.82) is 0 Å². The van der Waals surface area contributed by atoms with Crippen LogP contribution in [0.25, 0.3) is 12.2 Å². The van der Waals surface area contributed by atoms with E-state index in [1.807, 2.05) is 37.3 Å². The molecule has 2 aromatic carbocycles. The lowest BCUT2D eigenvalue weighted by Gasteiger charge is -2.00. The average Bonchev–Trinajstić information content (AvgIpc) is 2.31. The van der Waals surface area contributed by atoms with E-state index in [-0.39, 0.29) is 5.75 Å². The second-order valence-electron chi connectivity index (χ2n) is 3.97. The van der Waals surface area contributed by atoms with Crippen molar-refractivity contribution in [2.45, 2.75) is 6.92 Å². The van der Waals surface area contributed by atoms with Gasteiger partial charge in [-0.1, -0.05) is 30.4 Å². The number of phenolic OH excluding ortho intramolecular Hbond substituents is 2. The predicted molar refractivity (Wildman–Crippen MR) is 69.9 cm³/mol. The Kier molecular flexibility index (Phi) is 3.15. The summed E-state index contributed by atoms with van der Waals surface area (Å²) in [6.45, 7) is 1.86. The summed E-state index contributed by atoms with van der Waals surface area (Å²) >= 11 is 0. The molecule has 0 aliphatic carbocycles. The normalized spacial score (nSPS) is 10.9. The SMILES string of the molecule is Cc1cc(/C=C/c2cccc(O)c2)ccc1O. The molecular weight excluding hydrogens is 212 g/mol. The minimum atomic E-state index is 0.258. The molecule has 0 heterocycles. The molecule has 0 saturated carbocycles. The van der Waals surface area contributed by atoms with Gasteiger partial charge in [-0.2, -0.15) is 0 Å². The highest BCUT2D eigenvalue weighted by Gasteiger charge is 1.95. The van der Waals surface area contributed by atoms with E-state index in [9.17, 15) is 10.2 Å². The zero-order chi connectivity index (χ0) is 12.3. The van der Waals surface area contributed by atoms with E-state index in [1.54, 1.807) is 24.3 Å². The van der Waals surface area contributed by atoms with Crippen LogP contribution in [0, 0.1) is 6.92 Å². The first-order valence-corrected chi connectivity index (χ1v) is 5.42. The molecule has 17 heavy (non-hydrogen) atoms. The third kappa shape index (κ3) is 2.88. The first-order chi connectivity index (χ1) is 8.15. The summed E-state index contributed by atoms with van der Waals surface area (Å²) in [5.74, 6) is 0.563. The summed E-state index contributed by atoms with van der Waals surface area (Å²) in [5, 5.41) is 18.7. The number of aromatic hydroxyl groups is 2. The van der Waals surface area contributed by atoms with Crippen molar-refractivity contribution in [3.05, 3.63) is 59.2 Å². The van der Waals surface area contributed by atoms with Crippen LogP contribution in [0.5, 0.6) is 11.5 Å². The Bertz CT molecular complexity index is 557. The largest absolute Gasteiger partial charge is 0.508 e. The molecule has 0 amide bonds. The molecule has 2 heteroatoms. The fraction of sp³-hybridized carbons (Fsp3) is 0.0667. The van der Waals surface area contributed by atoms with Crippen molar-refractivity contribution in [2.75, 3.05) is 0 Å². The molecule has 0 bridgehead atoms. The maximum absolute atomic E-state index is 9.41. The molecule has 0 aliphatic rings. The number of aryl methyl sites for hydroxylation is 1. The van der Waals surface area contributed by atoms with Crippen molar-refractivity contribution in [2.24, 2.45) is 0 Å². The molecular formula is C15H14O2. The third-order valence-corrected chi connectivity index (χ3v) is 2.56. The van der Waals surface area contributed by atoms with Crippen LogP contribution < -0.4 is 0 Å². The molecule has 2 N–H and O–H groups in total. The highest BCUT2D eigenvalue weighted by atomic mass is 16.3. The number of hydrogen-bond donors (Lipinski definition) is 2.